The molecule has 2 aromatic carbocycles. The smallest absolute Gasteiger partial charge is 0.312 e. The molecule has 26 heavy (non-hydrogen) atoms. The lowest BCUT2D eigenvalue weighted by atomic mass is 9.84. The Morgan fingerprint density at radius 1 is 1.15 bits per heavy atom. The van der Waals surface area contributed by atoms with Crippen LogP contribution in [0, 0.1) is 0 Å². The molecule has 3 aromatic rings. The molecule has 130 valence electrons. The SMILES string of the molecule is CC(=O)c1ccc2c(c1O)C(c1coc3ccccc3c1=O)CC(=O)O2. The summed E-state index contributed by atoms with van der Waals surface area (Å²) in [5.74, 6) is -1.75. The average Bonchev–Trinajstić information content (AvgIpc) is 2.61. The van der Waals surface area contributed by atoms with Gasteiger partial charge in [0, 0.05) is 17.0 Å². The number of carbonyl (C=O) groups is 2. The number of hydrogen-bond donors (Lipinski definition) is 1. The lowest BCUT2D eigenvalue weighted by Crippen LogP contribution is -2.25. The Hall–Kier alpha value is -3.41. The van der Waals surface area contributed by atoms with Gasteiger partial charge in [0.2, 0.25) is 0 Å². The largest absolute Gasteiger partial charge is 0.507 e. The van der Waals surface area contributed by atoms with Crippen LogP contribution in [-0.2, 0) is 4.79 Å². The summed E-state index contributed by atoms with van der Waals surface area (Å²) in [6.45, 7) is 1.33. The molecule has 6 heteroatoms. The van der Waals surface area contributed by atoms with E-state index in [2.05, 4.69) is 0 Å². The molecule has 1 atom stereocenters. The third-order valence-electron chi connectivity index (χ3n) is 4.58. The van der Waals surface area contributed by atoms with Crippen LogP contribution in [0.2, 0.25) is 0 Å². The van der Waals surface area contributed by atoms with Crippen LogP contribution in [0.1, 0.15) is 40.7 Å². The zero-order valence-corrected chi connectivity index (χ0v) is 13.8. The number of carbonyl (C=O) groups excluding carboxylic acids is 2. The second kappa shape index (κ2) is 5.84. The van der Waals surface area contributed by atoms with Crippen molar-refractivity contribution < 1.29 is 23.8 Å². The van der Waals surface area contributed by atoms with Crippen LogP contribution in [0.25, 0.3) is 11.0 Å². The topological polar surface area (TPSA) is 93.8 Å². The molecule has 0 bridgehead atoms. The normalized spacial score (nSPS) is 16.2. The third kappa shape index (κ3) is 2.38. The number of phenols is 1. The first kappa shape index (κ1) is 16.1. The van der Waals surface area contributed by atoms with Crippen LogP contribution in [-0.4, -0.2) is 16.9 Å². The minimum Gasteiger partial charge on any atom is -0.507 e. The minimum atomic E-state index is -0.758. The van der Waals surface area contributed by atoms with Gasteiger partial charge < -0.3 is 14.3 Å². The fourth-order valence-electron chi connectivity index (χ4n) is 3.33. The van der Waals surface area contributed by atoms with Crippen LogP contribution >= 0.6 is 0 Å². The van der Waals surface area contributed by atoms with E-state index < -0.39 is 11.9 Å². The summed E-state index contributed by atoms with van der Waals surface area (Å²) >= 11 is 0. The van der Waals surface area contributed by atoms with Crippen molar-refractivity contribution in [2.45, 2.75) is 19.3 Å². The van der Waals surface area contributed by atoms with Gasteiger partial charge in [-0.2, -0.15) is 0 Å². The molecule has 0 saturated carbocycles. The molecule has 1 aliphatic rings. The van der Waals surface area contributed by atoms with Crippen LogP contribution in [0.15, 0.2) is 51.9 Å². The highest BCUT2D eigenvalue weighted by Gasteiger charge is 2.34. The number of rotatable bonds is 2. The van der Waals surface area contributed by atoms with E-state index in [1.807, 2.05) is 0 Å². The Balaban J connectivity index is 1.98. The predicted octanol–water partition coefficient (Wildman–Crippen LogP) is 3.14. The number of ether oxygens (including phenoxy) is 1. The summed E-state index contributed by atoms with van der Waals surface area (Å²) < 4.78 is 10.7. The van der Waals surface area contributed by atoms with E-state index in [4.69, 9.17) is 9.15 Å². The van der Waals surface area contributed by atoms with Crippen LogP contribution in [0.5, 0.6) is 11.5 Å². The lowest BCUT2D eigenvalue weighted by Gasteiger charge is -2.25. The quantitative estimate of drug-likeness (QED) is 0.433. The van der Waals surface area contributed by atoms with Gasteiger partial charge in [-0.3, -0.25) is 14.4 Å². The Bertz CT molecular complexity index is 1120. The van der Waals surface area contributed by atoms with Crippen molar-refractivity contribution in [2.24, 2.45) is 0 Å². The minimum absolute atomic E-state index is 0.108. The number of benzene rings is 2. The van der Waals surface area contributed by atoms with Gasteiger partial charge in [-0.05, 0) is 31.2 Å². The summed E-state index contributed by atoms with van der Waals surface area (Å²) in [6.07, 6.45) is 1.17. The number of para-hydroxylation sites is 1. The second-order valence-corrected chi connectivity index (χ2v) is 6.18. The number of aromatic hydroxyl groups is 1. The molecule has 2 heterocycles. The number of esters is 1. The van der Waals surface area contributed by atoms with Gasteiger partial charge in [0.05, 0.1) is 23.6 Å². The molecule has 0 spiro atoms. The van der Waals surface area contributed by atoms with Gasteiger partial charge in [-0.25, -0.2) is 0 Å². The Morgan fingerprint density at radius 3 is 2.69 bits per heavy atom. The van der Waals surface area contributed by atoms with Crippen LogP contribution < -0.4 is 10.2 Å². The van der Waals surface area contributed by atoms with E-state index in [-0.39, 0.29) is 45.8 Å². The van der Waals surface area contributed by atoms with Crippen molar-refractivity contribution in [3.8, 4) is 11.5 Å². The monoisotopic (exact) mass is 350 g/mol. The average molecular weight is 350 g/mol. The fourth-order valence-corrected chi connectivity index (χ4v) is 3.33. The Morgan fingerprint density at radius 2 is 1.92 bits per heavy atom. The molecule has 4 rings (SSSR count). The fraction of sp³-hybridized carbons (Fsp3) is 0.150. The number of fused-ring (bicyclic) bond motifs is 2. The van der Waals surface area contributed by atoms with Crippen molar-refractivity contribution in [3.63, 3.8) is 0 Å². The molecule has 0 amide bonds. The van der Waals surface area contributed by atoms with Crippen molar-refractivity contribution >= 4 is 22.7 Å². The maximum Gasteiger partial charge on any atom is 0.312 e. The number of ketones is 1. The van der Waals surface area contributed by atoms with Crippen molar-refractivity contribution in [1.82, 2.24) is 0 Å². The van der Waals surface area contributed by atoms with E-state index in [0.717, 1.165) is 0 Å². The number of Topliss-reactive ketones (excluding diaryl/α,β-unsaturated/α-hetero) is 1. The van der Waals surface area contributed by atoms with Crippen molar-refractivity contribution in [3.05, 3.63) is 69.6 Å². The summed E-state index contributed by atoms with van der Waals surface area (Å²) in [4.78, 5) is 36.7. The third-order valence-corrected chi connectivity index (χ3v) is 4.58. The molecule has 0 aliphatic carbocycles. The van der Waals surface area contributed by atoms with Gasteiger partial charge in [0.1, 0.15) is 17.1 Å². The van der Waals surface area contributed by atoms with Crippen molar-refractivity contribution in [1.29, 1.82) is 0 Å². The van der Waals surface area contributed by atoms with Crippen LogP contribution in [0.4, 0.5) is 0 Å². The molecule has 6 nitrogen and oxygen atoms in total. The van der Waals surface area contributed by atoms with Gasteiger partial charge >= 0.3 is 5.97 Å². The molecular formula is C20H14O6. The molecule has 0 radical (unpaired) electrons. The maximum absolute atomic E-state index is 12.9. The number of hydrogen-bond acceptors (Lipinski definition) is 6. The van der Waals surface area contributed by atoms with E-state index in [9.17, 15) is 19.5 Å². The molecule has 1 aliphatic heterocycles. The van der Waals surface area contributed by atoms with E-state index in [1.54, 1.807) is 24.3 Å². The second-order valence-electron chi connectivity index (χ2n) is 6.18. The highest BCUT2D eigenvalue weighted by Crippen LogP contribution is 2.44. The summed E-state index contributed by atoms with van der Waals surface area (Å²) in [7, 11) is 0. The molecule has 0 fully saturated rings. The zero-order valence-electron chi connectivity index (χ0n) is 13.8. The standard InChI is InChI=1S/C20H14O6/c1-10(21)11-6-7-16-18(20(11)24)13(8-17(22)26-16)14-9-25-15-5-3-2-4-12(15)19(14)23/h2-7,9,13,24H,8H2,1H3. The molecule has 0 saturated heterocycles. The van der Waals surface area contributed by atoms with Gasteiger partial charge in [-0.15, -0.1) is 0 Å². The molecular weight excluding hydrogens is 336 g/mol. The van der Waals surface area contributed by atoms with Crippen molar-refractivity contribution in [2.75, 3.05) is 0 Å². The molecule has 1 unspecified atom stereocenters. The van der Waals surface area contributed by atoms with Crippen LogP contribution in [0.3, 0.4) is 0 Å². The first-order valence-electron chi connectivity index (χ1n) is 8.05. The first-order chi connectivity index (χ1) is 12.5. The highest BCUT2D eigenvalue weighted by molar-refractivity contribution is 5.98. The lowest BCUT2D eigenvalue weighted by molar-refractivity contribution is -0.135. The van der Waals surface area contributed by atoms with Gasteiger partial charge in [-0.1, -0.05) is 12.1 Å². The zero-order chi connectivity index (χ0) is 18.4. The molecule has 1 aromatic heterocycles. The predicted molar refractivity (Wildman–Crippen MR) is 92.7 cm³/mol. The summed E-state index contributed by atoms with van der Waals surface area (Å²) in [5, 5.41) is 11.0. The maximum atomic E-state index is 12.9. The number of phenolic OH excluding ortho intramolecular Hbond substituents is 1. The summed E-state index contributed by atoms with van der Waals surface area (Å²) in [5.41, 5.74) is 0.737. The Labute approximate surface area is 147 Å². The van der Waals surface area contributed by atoms with E-state index in [1.165, 1.54) is 25.3 Å². The summed E-state index contributed by atoms with van der Waals surface area (Å²) in [6, 6.07) is 9.64. The highest BCUT2D eigenvalue weighted by atomic mass is 16.5. The van der Waals surface area contributed by atoms with E-state index >= 15 is 0 Å². The molecule has 1 N–H and O–H groups in total. The first-order valence-corrected chi connectivity index (χ1v) is 8.05. The van der Waals surface area contributed by atoms with Gasteiger partial charge in [0.25, 0.3) is 0 Å². The van der Waals surface area contributed by atoms with Gasteiger partial charge in [0.15, 0.2) is 11.2 Å². The van der Waals surface area contributed by atoms with E-state index in [0.29, 0.717) is 11.0 Å². The Kier molecular flexibility index (Phi) is 3.61.